The molecular formula is C16H12FNO3. The molecule has 0 fully saturated rings. The van der Waals surface area contributed by atoms with Gasteiger partial charge in [0, 0.05) is 29.6 Å². The maximum Gasteiger partial charge on any atom is 0.352 e. The van der Waals surface area contributed by atoms with Crippen molar-refractivity contribution < 1.29 is 19.4 Å². The molecule has 0 saturated carbocycles. The normalized spacial score (nSPS) is 11.0. The molecular weight excluding hydrogens is 273 g/mol. The maximum absolute atomic E-state index is 13.9. The number of phenols is 1. The molecule has 106 valence electrons. The van der Waals surface area contributed by atoms with Gasteiger partial charge < -0.3 is 14.8 Å². The highest BCUT2D eigenvalue weighted by atomic mass is 19.1. The van der Waals surface area contributed by atoms with E-state index in [4.69, 9.17) is 5.11 Å². The van der Waals surface area contributed by atoms with Gasteiger partial charge in [-0.3, -0.25) is 0 Å². The van der Waals surface area contributed by atoms with Crippen LogP contribution in [0.5, 0.6) is 5.75 Å². The van der Waals surface area contributed by atoms with Gasteiger partial charge >= 0.3 is 5.97 Å². The van der Waals surface area contributed by atoms with Crippen LogP contribution in [0.15, 0.2) is 42.5 Å². The van der Waals surface area contributed by atoms with Gasteiger partial charge in [0.05, 0.1) is 0 Å². The first-order chi connectivity index (χ1) is 9.97. The molecule has 0 aliphatic rings. The summed E-state index contributed by atoms with van der Waals surface area (Å²) >= 11 is 0. The number of benzene rings is 2. The van der Waals surface area contributed by atoms with Crippen molar-refractivity contribution >= 4 is 16.9 Å². The van der Waals surface area contributed by atoms with Crippen molar-refractivity contribution in [3.8, 4) is 16.9 Å². The van der Waals surface area contributed by atoms with Gasteiger partial charge in [-0.15, -0.1) is 0 Å². The number of aromatic carboxylic acids is 1. The van der Waals surface area contributed by atoms with Crippen LogP contribution in [-0.4, -0.2) is 20.7 Å². The van der Waals surface area contributed by atoms with E-state index in [1.54, 1.807) is 35.9 Å². The Hall–Kier alpha value is -2.82. The zero-order valence-electron chi connectivity index (χ0n) is 11.2. The van der Waals surface area contributed by atoms with Crippen molar-refractivity contribution in [1.29, 1.82) is 0 Å². The molecule has 0 bridgehead atoms. The Labute approximate surface area is 119 Å². The number of aromatic hydroxyl groups is 1. The van der Waals surface area contributed by atoms with E-state index in [9.17, 15) is 14.3 Å². The van der Waals surface area contributed by atoms with Crippen molar-refractivity contribution in [2.45, 2.75) is 0 Å². The minimum atomic E-state index is -1.01. The second-order valence-corrected chi connectivity index (χ2v) is 4.83. The molecule has 0 aliphatic carbocycles. The molecule has 3 aromatic rings. The first-order valence-electron chi connectivity index (χ1n) is 6.29. The average Bonchev–Trinajstić information content (AvgIpc) is 2.76. The van der Waals surface area contributed by atoms with Crippen LogP contribution >= 0.6 is 0 Å². The number of rotatable bonds is 2. The van der Waals surface area contributed by atoms with E-state index >= 15 is 0 Å². The van der Waals surface area contributed by atoms with Crippen LogP contribution in [0.4, 0.5) is 4.39 Å². The van der Waals surface area contributed by atoms with Crippen molar-refractivity contribution in [2.24, 2.45) is 7.05 Å². The van der Waals surface area contributed by atoms with E-state index in [1.807, 2.05) is 0 Å². The maximum atomic E-state index is 13.9. The van der Waals surface area contributed by atoms with Gasteiger partial charge in [0.1, 0.15) is 17.3 Å². The van der Waals surface area contributed by atoms with Gasteiger partial charge in [-0.2, -0.15) is 0 Å². The quantitative estimate of drug-likeness (QED) is 0.758. The third-order valence-corrected chi connectivity index (χ3v) is 3.53. The molecule has 2 aromatic carbocycles. The molecule has 0 unspecified atom stereocenters. The molecule has 1 heterocycles. The molecule has 5 heteroatoms. The second-order valence-electron chi connectivity index (χ2n) is 4.83. The summed E-state index contributed by atoms with van der Waals surface area (Å²) in [4.78, 5) is 11.1. The van der Waals surface area contributed by atoms with Crippen LogP contribution in [0.1, 0.15) is 10.5 Å². The molecule has 0 amide bonds. The third-order valence-electron chi connectivity index (χ3n) is 3.53. The van der Waals surface area contributed by atoms with E-state index in [-0.39, 0.29) is 11.4 Å². The van der Waals surface area contributed by atoms with Gasteiger partial charge in [-0.1, -0.05) is 12.1 Å². The van der Waals surface area contributed by atoms with Crippen molar-refractivity contribution in [3.63, 3.8) is 0 Å². The van der Waals surface area contributed by atoms with Crippen LogP contribution < -0.4 is 0 Å². The van der Waals surface area contributed by atoms with Gasteiger partial charge in [0.2, 0.25) is 0 Å². The molecule has 4 nitrogen and oxygen atoms in total. The van der Waals surface area contributed by atoms with E-state index in [1.165, 1.54) is 12.1 Å². The number of aryl methyl sites for hydroxylation is 1. The number of aromatic nitrogens is 1. The fraction of sp³-hybridized carbons (Fsp3) is 0.0625. The SMILES string of the molecule is Cn1c(C(=O)O)cc2ccc(-c3ccc(O)cc3F)cc21. The molecule has 3 rings (SSSR count). The minimum absolute atomic E-state index is 0.135. The number of phenolic OH excluding ortho intramolecular Hbond substituents is 1. The molecule has 0 saturated heterocycles. The summed E-state index contributed by atoms with van der Waals surface area (Å²) in [5.41, 5.74) is 1.86. The summed E-state index contributed by atoms with van der Waals surface area (Å²) in [7, 11) is 1.66. The van der Waals surface area contributed by atoms with Crippen LogP contribution in [0.3, 0.4) is 0 Å². The summed E-state index contributed by atoms with van der Waals surface area (Å²) in [6, 6.07) is 10.7. The van der Waals surface area contributed by atoms with Crippen LogP contribution in [-0.2, 0) is 7.05 Å². The molecule has 21 heavy (non-hydrogen) atoms. The highest BCUT2D eigenvalue weighted by Gasteiger charge is 2.13. The van der Waals surface area contributed by atoms with Crippen molar-refractivity contribution in [2.75, 3.05) is 0 Å². The van der Waals surface area contributed by atoms with Gasteiger partial charge in [0.15, 0.2) is 0 Å². The summed E-state index contributed by atoms with van der Waals surface area (Å²) in [5, 5.41) is 19.2. The Morgan fingerprint density at radius 1 is 1.14 bits per heavy atom. The Morgan fingerprint density at radius 2 is 1.90 bits per heavy atom. The minimum Gasteiger partial charge on any atom is -0.508 e. The molecule has 2 N–H and O–H groups in total. The van der Waals surface area contributed by atoms with Crippen LogP contribution in [0.25, 0.3) is 22.0 Å². The van der Waals surface area contributed by atoms with Crippen LogP contribution in [0, 0.1) is 5.82 Å². The number of hydrogen-bond acceptors (Lipinski definition) is 2. The van der Waals surface area contributed by atoms with E-state index in [0.717, 1.165) is 11.5 Å². The molecule has 1 aromatic heterocycles. The van der Waals surface area contributed by atoms with E-state index in [2.05, 4.69) is 0 Å². The predicted molar refractivity (Wildman–Crippen MR) is 76.9 cm³/mol. The monoisotopic (exact) mass is 285 g/mol. The number of carbonyl (C=O) groups is 1. The number of halogens is 1. The van der Waals surface area contributed by atoms with Gasteiger partial charge in [-0.05, 0) is 29.8 Å². The molecule has 0 radical (unpaired) electrons. The fourth-order valence-electron chi connectivity index (χ4n) is 2.44. The first kappa shape index (κ1) is 13.2. The van der Waals surface area contributed by atoms with E-state index in [0.29, 0.717) is 16.6 Å². The lowest BCUT2D eigenvalue weighted by molar-refractivity contribution is 0.0687. The second kappa shape index (κ2) is 4.63. The summed E-state index contributed by atoms with van der Waals surface area (Å²) in [5.74, 6) is -1.67. The lowest BCUT2D eigenvalue weighted by Crippen LogP contribution is -2.03. The smallest absolute Gasteiger partial charge is 0.352 e. The highest BCUT2D eigenvalue weighted by molar-refractivity contribution is 5.96. The zero-order chi connectivity index (χ0) is 15.1. The molecule has 0 atom stereocenters. The summed E-state index contributed by atoms with van der Waals surface area (Å²) in [6.45, 7) is 0. The number of carboxylic acids is 1. The van der Waals surface area contributed by atoms with Crippen LogP contribution in [0.2, 0.25) is 0 Å². The number of fused-ring (bicyclic) bond motifs is 1. The number of hydrogen-bond donors (Lipinski definition) is 2. The molecule has 0 aliphatic heterocycles. The third kappa shape index (κ3) is 2.12. The van der Waals surface area contributed by atoms with Gasteiger partial charge in [0.25, 0.3) is 0 Å². The lowest BCUT2D eigenvalue weighted by Gasteiger charge is -2.06. The van der Waals surface area contributed by atoms with Crippen molar-refractivity contribution in [1.82, 2.24) is 4.57 Å². The Bertz CT molecular complexity index is 867. The van der Waals surface area contributed by atoms with Gasteiger partial charge in [-0.25, -0.2) is 9.18 Å². The first-order valence-corrected chi connectivity index (χ1v) is 6.29. The lowest BCUT2D eigenvalue weighted by atomic mass is 10.0. The Kier molecular flexibility index (Phi) is 2.90. The standard InChI is InChI=1S/C16H12FNO3/c1-18-14-6-9(12-5-4-11(19)8-13(12)17)2-3-10(14)7-15(18)16(20)21/h2-8,19H,1H3,(H,20,21). The zero-order valence-corrected chi connectivity index (χ0v) is 11.2. The number of carboxylic acid groups (broad SMARTS) is 1. The largest absolute Gasteiger partial charge is 0.508 e. The molecule has 0 spiro atoms. The number of nitrogens with zero attached hydrogens (tertiary/aromatic N) is 1. The highest BCUT2D eigenvalue weighted by Crippen LogP contribution is 2.29. The Morgan fingerprint density at radius 3 is 2.57 bits per heavy atom. The predicted octanol–water partition coefficient (Wildman–Crippen LogP) is 3.39. The van der Waals surface area contributed by atoms with E-state index < -0.39 is 11.8 Å². The summed E-state index contributed by atoms with van der Waals surface area (Å²) in [6.07, 6.45) is 0. The summed E-state index contributed by atoms with van der Waals surface area (Å²) < 4.78 is 15.5. The van der Waals surface area contributed by atoms with Crippen molar-refractivity contribution in [3.05, 3.63) is 54.0 Å². The topological polar surface area (TPSA) is 62.5 Å². The Balaban J connectivity index is 2.21. The fourth-order valence-corrected chi connectivity index (χ4v) is 2.44. The average molecular weight is 285 g/mol.